The number of methoxy groups -OCH3 is 1. The maximum absolute atomic E-state index is 11.6. The Morgan fingerprint density at radius 3 is 2.47 bits per heavy atom. The van der Waals surface area contributed by atoms with Crippen LogP contribution in [0, 0.1) is 17.8 Å². The summed E-state index contributed by atoms with van der Waals surface area (Å²) in [7, 11) is 3.28. The Morgan fingerprint density at radius 2 is 2.00 bits per heavy atom. The summed E-state index contributed by atoms with van der Waals surface area (Å²) in [4.78, 5) is 11.6. The van der Waals surface area contributed by atoms with E-state index in [1.807, 2.05) is 7.05 Å². The molecule has 4 nitrogen and oxygen atoms in total. The van der Waals surface area contributed by atoms with Crippen LogP contribution >= 0.6 is 0 Å². The molecule has 0 aromatic rings. The third-order valence-corrected chi connectivity index (χ3v) is 3.81. The predicted octanol–water partition coefficient (Wildman–Crippen LogP) is 0.420. The van der Waals surface area contributed by atoms with Crippen molar-refractivity contribution in [2.75, 3.05) is 27.4 Å². The quantitative estimate of drug-likeness (QED) is 0.690. The van der Waals surface area contributed by atoms with Gasteiger partial charge in [-0.25, -0.2) is 0 Å². The van der Waals surface area contributed by atoms with Crippen molar-refractivity contribution >= 4 is 5.97 Å². The van der Waals surface area contributed by atoms with Crippen molar-refractivity contribution in [1.29, 1.82) is 0 Å². The molecule has 2 aliphatic rings. The normalized spacial score (nSPS) is 36.3. The summed E-state index contributed by atoms with van der Waals surface area (Å²) >= 11 is 0. The highest BCUT2D eigenvalue weighted by Crippen LogP contribution is 2.42. The zero-order valence-corrected chi connectivity index (χ0v) is 9.36. The molecule has 3 unspecified atom stereocenters. The van der Waals surface area contributed by atoms with Gasteiger partial charge in [0, 0.05) is 13.2 Å². The summed E-state index contributed by atoms with van der Waals surface area (Å²) in [5.41, 5.74) is 0. The number of hydrogen-bond acceptors (Lipinski definition) is 4. The van der Waals surface area contributed by atoms with Crippen molar-refractivity contribution in [3.63, 3.8) is 0 Å². The molecule has 1 aliphatic heterocycles. The summed E-state index contributed by atoms with van der Waals surface area (Å²) in [5, 5.41) is 3.09. The molecular weight excluding hydrogens is 194 g/mol. The second-order valence-electron chi connectivity index (χ2n) is 4.50. The molecule has 1 aliphatic carbocycles. The molecule has 3 atom stereocenters. The lowest BCUT2D eigenvalue weighted by molar-refractivity contribution is -0.147. The van der Waals surface area contributed by atoms with E-state index in [2.05, 4.69) is 5.32 Å². The first-order valence-electron chi connectivity index (χ1n) is 5.60. The van der Waals surface area contributed by atoms with E-state index in [4.69, 9.17) is 9.47 Å². The van der Waals surface area contributed by atoms with Gasteiger partial charge in [0.1, 0.15) is 6.04 Å². The highest BCUT2D eigenvalue weighted by atomic mass is 16.5. The van der Waals surface area contributed by atoms with E-state index in [1.165, 1.54) is 20.0 Å². The Balaban J connectivity index is 2.10. The lowest BCUT2D eigenvalue weighted by Gasteiger charge is -2.34. The Hall–Kier alpha value is -0.610. The van der Waals surface area contributed by atoms with E-state index >= 15 is 0 Å². The van der Waals surface area contributed by atoms with Crippen molar-refractivity contribution in [3.8, 4) is 0 Å². The third-order valence-electron chi connectivity index (χ3n) is 3.81. The molecule has 0 aromatic carbocycles. The van der Waals surface area contributed by atoms with Crippen LogP contribution in [0.5, 0.6) is 0 Å². The highest BCUT2D eigenvalue weighted by Gasteiger charge is 2.46. The number of nitrogens with one attached hydrogen (secondary N) is 1. The van der Waals surface area contributed by atoms with Crippen molar-refractivity contribution < 1.29 is 14.3 Å². The molecule has 2 fully saturated rings. The molecule has 15 heavy (non-hydrogen) atoms. The summed E-state index contributed by atoms with van der Waals surface area (Å²) in [6.07, 6.45) is 2.37. The largest absolute Gasteiger partial charge is 0.468 e. The van der Waals surface area contributed by atoms with E-state index in [0.29, 0.717) is 17.8 Å². The summed E-state index contributed by atoms with van der Waals surface area (Å²) in [5.74, 6) is 1.32. The van der Waals surface area contributed by atoms with Gasteiger partial charge in [0.2, 0.25) is 0 Å². The fraction of sp³-hybridized carbons (Fsp3) is 0.909. The van der Waals surface area contributed by atoms with Gasteiger partial charge in [0.25, 0.3) is 0 Å². The topological polar surface area (TPSA) is 47.6 Å². The molecule has 0 spiro atoms. The summed E-state index contributed by atoms with van der Waals surface area (Å²) in [6.45, 7) is 1.60. The molecule has 0 radical (unpaired) electrons. The van der Waals surface area contributed by atoms with Gasteiger partial charge >= 0.3 is 5.97 Å². The van der Waals surface area contributed by atoms with Gasteiger partial charge in [-0.05, 0) is 37.6 Å². The van der Waals surface area contributed by atoms with Gasteiger partial charge in [-0.2, -0.15) is 0 Å². The Labute approximate surface area is 90.3 Å². The minimum atomic E-state index is -0.156. The van der Waals surface area contributed by atoms with E-state index < -0.39 is 0 Å². The van der Waals surface area contributed by atoms with Gasteiger partial charge in [0.15, 0.2) is 0 Å². The van der Waals surface area contributed by atoms with Crippen LogP contribution in [-0.2, 0) is 14.3 Å². The van der Waals surface area contributed by atoms with Crippen molar-refractivity contribution in [2.24, 2.45) is 17.8 Å². The molecule has 1 heterocycles. The molecule has 0 aromatic heterocycles. The fourth-order valence-electron chi connectivity index (χ4n) is 3.10. The van der Waals surface area contributed by atoms with E-state index in [0.717, 1.165) is 13.2 Å². The van der Waals surface area contributed by atoms with Crippen molar-refractivity contribution in [3.05, 3.63) is 0 Å². The van der Waals surface area contributed by atoms with E-state index in [9.17, 15) is 4.79 Å². The number of rotatable bonds is 3. The Bertz CT molecular complexity index is 228. The molecule has 0 amide bonds. The number of hydrogen-bond donors (Lipinski definition) is 1. The average Bonchev–Trinajstić information content (AvgIpc) is 2.52. The van der Waals surface area contributed by atoms with Crippen LogP contribution in [0.4, 0.5) is 0 Å². The first-order valence-corrected chi connectivity index (χ1v) is 5.60. The monoisotopic (exact) mass is 213 g/mol. The van der Waals surface area contributed by atoms with Gasteiger partial charge in [-0.1, -0.05) is 0 Å². The fourth-order valence-corrected chi connectivity index (χ4v) is 3.10. The predicted molar refractivity (Wildman–Crippen MR) is 55.4 cm³/mol. The molecular formula is C11H19NO3. The molecule has 2 bridgehead atoms. The first kappa shape index (κ1) is 10.9. The number of carbonyl (C=O) groups is 1. The van der Waals surface area contributed by atoms with Crippen molar-refractivity contribution in [2.45, 2.75) is 18.9 Å². The molecule has 86 valence electrons. The zero-order valence-electron chi connectivity index (χ0n) is 9.36. The van der Waals surface area contributed by atoms with Crippen LogP contribution in [0.2, 0.25) is 0 Å². The third kappa shape index (κ3) is 1.88. The van der Waals surface area contributed by atoms with Gasteiger partial charge in [-0.3, -0.25) is 4.79 Å². The molecule has 1 saturated carbocycles. The second kappa shape index (κ2) is 4.49. The lowest BCUT2D eigenvalue weighted by Crippen LogP contribution is -2.48. The van der Waals surface area contributed by atoms with Gasteiger partial charge in [0.05, 0.1) is 7.11 Å². The number of carbonyl (C=O) groups excluding carboxylic acids is 1. The number of fused-ring (bicyclic) bond motifs is 2. The zero-order chi connectivity index (χ0) is 10.8. The van der Waals surface area contributed by atoms with Crippen LogP contribution in [0.25, 0.3) is 0 Å². The van der Waals surface area contributed by atoms with Crippen LogP contribution in [-0.4, -0.2) is 39.4 Å². The number of esters is 1. The molecule has 2 rings (SSSR count). The maximum atomic E-state index is 11.6. The minimum Gasteiger partial charge on any atom is -0.468 e. The number of likely N-dealkylation sites (N-methyl/N-ethyl adjacent to an activating group) is 1. The maximum Gasteiger partial charge on any atom is 0.323 e. The second-order valence-corrected chi connectivity index (χ2v) is 4.50. The molecule has 4 heteroatoms. The highest BCUT2D eigenvalue weighted by molar-refractivity contribution is 5.76. The summed E-state index contributed by atoms with van der Waals surface area (Å²) < 4.78 is 10.4. The standard InChI is InChI=1S/C11H19NO3/c1-12-10(11(13)14-2)9-7-3-4-8(9)6-15-5-7/h7-10,12H,3-6H2,1-2H3. The van der Waals surface area contributed by atoms with Crippen LogP contribution in [0.15, 0.2) is 0 Å². The van der Waals surface area contributed by atoms with Gasteiger partial charge in [-0.15, -0.1) is 0 Å². The average molecular weight is 213 g/mol. The Morgan fingerprint density at radius 1 is 1.40 bits per heavy atom. The van der Waals surface area contributed by atoms with Crippen LogP contribution in [0.3, 0.4) is 0 Å². The SMILES string of the molecule is CNC(C(=O)OC)C1C2CCC1COC2. The minimum absolute atomic E-state index is 0.138. The van der Waals surface area contributed by atoms with Crippen LogP contribution < -0.4 is 5.32 Å². The lowest BCUT2D eigenvalue weighted by atomic mass is 9.82. The number of ether oxygens (including phenoxy) is 2. The first-order chi connectivity index (χ1) is 7.27. The summed E-state index contributed by atoms with van der Waals surface area (Å²) in [6, 6.07) is -0.156. The smallest absolute Gasteiger partial charge is 0.323 e. The van der Waals surface area contributed by atoms with E-state index in [-0.39, 0.29) is 12.0 Å². The molecule has 1 N–H and O–H groups in total. The van der Waals surface area contributed by atoms with E-state index in [1.54, 1.807) is 0 Å². The van der Waals surface area contributed by atoms with Crippen LogP contribution in [0.1, 0.15) is 12.8 Å². The molecule has 1 saturated heterocycles. The van der Waals surface area contributed by atoms with Gasteiger partial charge < -0.3 is 14.8 Å². The Kier molecular flexibility index (Phi) is 3.26. The van der Waals surface area contributed by atoms with Crippen molar-refractivity contribution in [1.82, 2.24) is 5.32 Å².